The van der Waals surface area contributed by atoms with E-state index in [2.05, 4.69) is 14.7 Å². The maximum Gasteiger partial charge on any atom is 0.202 e. The van der Waals surface area contributed by atoms with Gasteiger partial charge in [0.15, 0.2) is 0 Å². The van der Waals surface area contributed by atoms with E-state index in [4.69, 9.17) is 9.47 Å². The number of hydrogen-bond acceptors (Lipinski definition) is 6. The number of rotatable bonds is 5. The van der Waals surface area contributed by atoms with E-state index in [9.17, 15) is 0 Å². The highest BCUT2D eigenvalue weighted by Gasteiger charge is 2.20. The van der Waals surface area contributed by atoms with Gasteiger partial charge in [-0.2, -0.15) is 4.37 Å². The van der Waals surface area contributed by atoms with Crippen molar-refractivity contribution in [1.82, 2.24) is 9.36 Å². The monoisotopic (exact) mass is 243 g/mol. The van der Waals surface area contributed by atoms with Crippen molar-refractivity contribution in [3.05, 3.63) is 5.82 Å². The summed E-state index contributed by atoms with van der Waals surface area (Å²) in [5.74, 6) is 1.44. The summed E-state index contributed by atoms with van der Waals surface area (Å²) in [5.41, 5.74) is 0. The van der Waals surface area contributed by atoms with E-state index < -0.39 is 0 Å². The molecule has 6 heteroatoms. The number of ether oxygens (including phenoxy) is 2. The molecule has 0 radical (unpaired) electrons. The van der Waals surface area contributed by atoms with Crippen LogP contribution in [0, 0.1) is 0 Å². The smallest absolute Gasteiger partial charge is 0.202 e. The molecule has 1 saturated heterocycles. The molecule has 1 aromatic heterocycles. The van der Waals surface area contributed by atoms with Crippen LogP contribution in [0.25, 0.3) is 0 Å². The first-order chi connectivity index (χ1) is 7.90. The average Bonchev–Trinajstić information content (AvgIpc) is 2.79. The maximum atomic E-state index is 5.32. The fourth-order valence-electron chi connectivity index (χ4n) is 1.69. The normalized spacial score (nSPS) is 17.6. The molecule has 2 heterocycles. The fraction of sp³-hybridized carbons (Fsp3) is 0.800. The van der Waals surface area contributed by atoms with Crippen molar-refractivity contribution in [2.75, 3.05) is 38.8 Å². The molecule has 2 rings (SSSR count). The molecule has 0 atom stereocenters. The summed E-state index contributed by atoms with van der Waals surface area (Å²) >= 11 is 1.43. The van der Waals surface area contributed by atoms with E-state index >= 15 is 0 Å². The third-order valence-electron chi connectivity index (χ3n) is 2.61. The van der Waals surface area contributed by atoms with Gasteiger partial charge in [0.25, 0.3) is 0 Å². The molecule has 1 fully saturated rings. The number of methoxy groups -OCH3 is 1. The topological polar surface area (TPSA) is 56.3 Å². The van der Waals surface area contributed by atoms with Gasteiger partial charge in [0.2, 0.25) is 5.13 Å². The molecule has 90 valence electrons. The standard InChI is InChI=1S/C10H17N3O2S/c1-14-7-4-11-10-12-9(13-16-10)8-2-5-15-6-3-8/h8H,2-7H2,1H3,(H,11,12,13). The highest BCUT2D eigenvalue weighted by Crippen LogP contribution is 2.26. The molecule has 0 aromatic carbocycles. The van der Waals surface area contributed by atoms with Crippen LogP contribution in [0.4, 0.5) is 5.13 Å². The fourth-order valence-corrected chi connectivity index (χ4v) is 2.36. The molecule has 1 N–H and O–H groups in total. The lowest BCUT2D eigenvalue weighted by molar-refractivity contribution is 0.0838. The van der Waals surface area contributed by atoms with E-state index in [1.807, 2.05) is 0 Å². The number of nitrogens with zero attached hydrogens (tertiary/aromatic N) is 2. The molecule has 0 spiro atoms. The lowest BCUT2D eigenvalue weighted by atomic mass is 10.00. The summed E-state index contributed by atoms with van der Waals surface area (Å²) in [6.07, 6.45) is 2.07. The summed E-state index contributed by atoms with van der Waals surface area (Å²) in [7, 11) is 1.69. The Morgan fingerprint density at radius 2 is 2.31 bits per heavy atom. The zero-order valence-corrected chi connectivity index (χ0v) is 10.3. The van der Waals surface area contributed by atoms with Crippen LogP contribution in [0.15, 0.2) is 0 Å². The Balaban J connectivity index is 1.85. The minimum absolute atomic E-state index is 0.475. The number of anilines is 1. The van der Waals surface area contributed by atoms with Crippen LogP contribution in [0.1, 0.15) is 24.6 Å². The Kier molecular flexibility index (Phi) is 4.50. The van der Waals surface area contributed by atoms with Crippen LogP contribution in [0.2, 0.25) is 0 Å². The first kappa shape index (κ1) is 11.8. The summed E-state index contributed by atoms with van der Waals surface area (Å²) < 4.78 is 14.7. The van der Waals surface area contributed by atoms with E-state index in [0.717, 1.165) is 43.6 Å². The maximum absolute atomic E-state index is 5.32. The number of hydrogen-bond donors (Lipinski definition) is 1. The molecule has 1 aromatic rings. The summed E-state index contributed by atoms with van der Waals surface area (Å²) in [6.45, 7) is 3.12. The Labute approximate surface area is 99.3 Å². The van der Waals surface area contributed by atoms with Crippen LogP contribution in [-0.4, -0.2) is 42.8 Å². The van der Waals surface area contributed by atoms with Gasteiger partial charge < -0.3 is 14.8 Å². The van der Waals surface area contributed by atoms with E-state index in [1.54, 1.807) is 7.11 Å². The zero-order valence-electron chi connectivity index (χ0n) is 9.44. The summed E-state index contributed by atoms with van der Waals surface area (Å²) in [5, 5.41) is 4.08. The van der Waals surface area contributed by atoms with E-state index in [0.29, 0.717) is 12.5 Å². The second-order valence-electron chi connectivity index (χ2n) is 3.76. The van der Waals surface area contributed by atoms with Crippen molar-refractivity contribution in [3.63, 3.8) is 0 Å². The van der Waals surface area contributed by atoms with E-state index in [-0.39, 0.29) is 0 Å². The number of aromatic nitrogens is 2. The second-order valence-corrected chi connectivity index (χ2v) is 4.52. The highest BCUT2D eigenvalue weighted by molar-refractivity contribution is 7.09. The van der Waals surface area contributed by atoms with Gasteiger partial charge in [-0.15, -0.1) is 0 Å². The Morgan fingerprint density at radius 1 is 1.50 bits per heavy atom. The molecule has 0 saturated carbocycles. The average molecular weight is 243 g/mol. The molecule has 16 heavy (non-hydrogen) atoms. The van der Waals surface area contributed by atoms with Crippen LogP contribution in [-0.2, 0) is 9.47 Å². The predicted octanol–water partition coefficient (Wildman–Crippen LogP) is 1.49. The van der Waals surface area contributed by atoms with Gasteiger partial charge in [-0.1, -0.05) is 0 Å². The Bertz CT molecular complexity index is 313. The van der Waals surface area contributed by atoms with E-state index in [1.165, 1.54) is 11.5 Å². The van der Waals surface area contributed by atoms with Gasteiger partial charge in [0.05, 0.1) is 6.61 Å². The van der Waals surface area contributed by atoms with Gasteiger partial charge >= 0.3 is 0 Å². The van der Waals surface area contributed by atoms with Gasteiger partial charge in [-0.05, 0) is 12.8 Å². The number of nitrogens with one attached hydrogen (secondary N) is 1. The SMILES string of the molecule is COCCNc1nc(C2CCOCC2)ns1. The third-order valence-corrected chi connectivity index (χ3v) is 3.30. The molecule has 0 unspecified atom stereocenters. The van der Waals surface area contributed by atoms with Crippen molar-refractivity contribution in [2.24, 2.45) is 0 Å². The van der Waals surface area contributed by atoms with Crippen molar-refractivity contribution in [1.29, 1.82) is 0 Å². The molecular formula is C10H17N3O2S. The Morgan fingerprint density at radius 3 is 3.06 bits per heavy atom. The molecule has 5 nitrogen and oxygen atoms in total. The van der Waals surface area contributed by atoms with Crippen molar-refractivity contribution in [3.8, 4) is 0 Å². The first-order valence-corrected chi connectivity index (χ1v) is 6.31. The molecular weight excluding hydrogens is 226 g/mol. The lowest BCUT2D eigenvalue weighted by Crippen LogP contribution is -2.15. The third kappa shape index (κ3) is 3.13. The first-order valence-electron chi connectivity index (χ1n) is 5.54. The second kappa shape index (κ2) is 6.12. The van der Waals surface area contributed by atoms with Crippen molar-refractivity contribution in [2.45, 2.75) is 18.8 Å². The van der Waals surface area contributed by atoms with Gasteiger partial charge in [-0.3, -0.25) is 0 Å². The molecule has 1 aliphatic rings. The molecule has 0 amide bonds. The lowest BCUT2D eigenvalue weighted by Gasteiger charge is -2.18. The largest absolute Gasteiger partial charge is 0.383 e. The summed E-state index contributed by atoms with van der Waals surface area (Å²) in [4.78, 5) is 4.49. The van der Waals surface area contributed by atoms with Crippen molar-refractivity contribution < 1.29 is 9.47 Å². The van der Waals surface area contributed by atoms with Crippen LogP contribution < -0.4 is 5.32 Å². The highest BCUT2D eigenvalue weighted by atomic mass is 32.1. The van der Waals surface area contributed by atoms with Crippen LogP contribution in [0.3, 0.4) is 0 Å². The van der Waals surface area contributed by atoms with Gasteiger partial charge in [0, 0.05) is 44.3 Å². The summed E-state index contributed by atoms with van der Waals surface area (Å²) in [6, 6.07) is 0. The predicted molar refractivity (Wildman–Crippen MR) is 63.1 cm³/mol. The molecule has 1 aliphatic heterocycles. The van der Waals surface area contributed by atoms with Gasteiger partial charge in [-0.25, -0.2) is 4.98 Å². The van der Waals surface area contributed by atoms with Gasteiger partial charge in [0.1, 0.15) is 5.82 Å². The van der Waals surface area contributed by atoms with Crippen LogP contribution >= 0.6 is 11.5 Å². The van der Waals surface area contributed by atoms with Crippen LogP contribution in [0.5, 0.6) is 0 Å². The minimum Gasteiger partial charge on any atom is -0.383 e. The molecule has 0 aliphatic carbocycles. The Hall–Kier alpha value is -0.720. The quantitative estimate of drug-likeness (QED) is 0.794. The zero-order chi connectivity index (χ0) is 11.2. The minimum atomic E-state index is 0.475. The molecule has 0 bridgehead atoms. The van der Waals surface area contributed by atoms with Crippen molar-refractivity contribution >= 4 is 16.7 Å².